The molecule has 0 saturated heterocycles. The minimum absolute atomic E-state index is 0.298. The van der Waals surface area contributed by atoms with Gasteiger partial charge >= 0.3 is 5.69 Å². The van der Waals surface area contributed by atoms with E-state index in [-0.39, 0.29) is 5.69 Å². The molecule has 0 fully saturated rings. The SMILES string of the molecule is Cc1cc(-c2cn(C)c(C)n2)ccc1OCc1c(C)cccc1-n1nnn(C)c1=O. The summed E-state index contributed by atoms with van der Waals surface area (Å²) in [5.74, 6) is 1.75. The van der Waals surface area contributed by atoms with Crippen LogP contribution in [0.3, 0.4) is 0 Å². The summed E-state index contributed by atoms with van der Waals surface area (Å²) in [6.45, 7) is 6.30. The van der Waals surface area contributed by atoms with Gasteiger partial charge in [-0.15, -0.1) is 0 Å². The van der Waals surface area contributed by atoms with Crippen molar-refractivity contribution >= 4 is 0 Å². The van der Waals surface area contributed by atoms with E-state index >= 15 is 0 Å². The van der Waals surface area contributed by atoms with Crippen LogP contribution in [0.2, 0.25) is 0 Å². The number of imidazole rings is 1. The van der Waals surface area contributed by atoms with E-state index in [0.717, 1.165) is 39.5 Å². The van der Waals surface area contributed by atoms with Gasteiger partial charge in [0.2, 0.25) is 0 Å². The molecule has 0 saturated carbocycles. The summed E-state index contributed by atoms with van der Waals surface area (Å²) in [7, 11) is 3.56. The predicted molar refractivity (Wildman–Crippen MR) is 114 cm³/mol. The summed E-state index contributed by atoms with van der Waals surface area (Å²) in [6.07, 6.45) is 2.02. The van der Waals surface area contributed by atoms with E-state index in [1.807, 2.05) is 68.9 Å². The number of hydrogen-bond acceptors (Lipinski definition) is 5. The second-order valence-corrected chi connectivity index (χ2v) is 7.42. The monoisotopic (exact) mass is 404 g/mol. The number of benzene rings is 2. The van der Waals surface area contributed by atoms with Crippen LogP contribution in [0.15, 0.2) is 47.4 Å². The van der Waals surface area contributed by atoms with E-state index in [1.54, 1.807) is 7.05 Å². The topological polar surface area (TPSA) is 79.8 Å². The zero-order valence-corrected chi connectivity index (χ0v) is 17.7. The molecule has 30 heavy (non-hydrogen) atoms. The third-order valence-corrected chi connectivity index (χ3v) is 5.29. The molecule has 0 radical (unpaired) electrons. The number of hydrogen-bond donors (Lipinski definition) is 0. The van der Waals surface area contributed by atoms with Crippen molar-refractivity contribution in [3.63, 3.8) is 0 Å². The molecule has 8 heteroatoms. The van der Waals surface area contributed by atoms with Gasteiger partial charge in [0, 0.05) is 31.4 Å². The molecule has 8 nitrogen and oxygen atoms in total. The van der Waals surface area contributed by atoms with Crippen molar-refractivity contribution in [2.75, 3.05) is 0 Å². The Labute approximate surface area is 174 Å². The van der Waals surface area contributed by atoms with Gasteiger partial charge in [0.15, 0.2) is 0 Å². The van der Waals surface area contributed by atoms with Crippen LogP contribution in [0.1, 0.15) is 22.5 Å². The van der Waals surface area contributed by atoms with Gasteiger partial charge in [-0.1, -0.05) is 12.1 Å². The van der Waals surface area contributed by atoms with Crippen molar-refractivity contribution in [3.8, 4) is 22.7 Å². The van der Waals surface area contributed by atoms with Crippen LogP contribution in [0.5, 0.6) is 5.75 Å². The van der Waals surface area contributed by atoms with Gasteiger partial charge in [-0.2, -0.15) is 9.36 Å². The van der Waals surface area contributed by atoms with Crippen LogP contribution < -0.4 is 10.4 Å². The molecule has 2 aromatic heterocycles. The normalized spacial score (nSPS) is 11.1. The van der Waals surface area contributed by atoms with Crippen LogP contribution in [-0.2, 0) is 20.7 Å². The average Bonchev–Trinajstić information content (AvgIpc) is 3.23. The average molecular weight is 404 g/mol. The largest absolute Gasteiger partial charge is 0.489 e. The lowest BCUT2D eigenvalue weighted by atomic mass is 10.1. The molecule has 4 aromatic rings. The Morgan fingerprint density at radius 1 is 1.00 bits per heavy atom. The number of ether oxygens (including phenoxy) is 1. The summed E-state index contributed by atoms with van der Waals surface area (Å²) in [4.78, 5) is 16.9. The molecule has 0 aliphatic carbocycles. The first-order valence-corrected chi connectivity index (χ1v) is 9.67. The maximum Gasteiger partial charge on any atom is 0.368 e. The lowest BCUT2D eigenvalue weighted by Crippen LogP contribution is -2.23. The fourth-order valence-electron chi connectivity index (χ4n) is 3.36. The quantitative estimate of drug-likeness (QED) is 0.511. The summed E-state index contributed by atoms with van der Waals surface area (Å²) in [5, 5.41) is 7.78. The van der Waals surface area contributed by atoms with E-state index in [1.165, 1.54) is 9.36 Å². The predicted octanol–water partition coefficient (Wildman–Crippen LogP) is 2.87. The molecule has 0 N–H and O–H groups in total. The summed E-state index contributed by atoms with van der Waals surface area (Å²) in [5.41, 5.74) is 5.29. The molecule has 0 bridgehead atoms. The van der Waals surface area contributed by atoms with Crippen molar-refractivity contribution < 1.29 is 4.74 Å². The number of nitrogens with zero attached hydrogens (tertiary/aromatic N) is 6. The lowest BCUT2D eigenvalue weighted by molar-refractivity contribution is 0.302. The highest BCUT2D eigenvalue weighted by Gasteiger charge is 2.14. The first kappa shape index (κ1) is 19.6. The molecule has 154 valence electrons. The Kier molecular flexibility index (Phi) is 4.99. The zero-order valence-electron chi connectivity index (χ0n) is 17.7. The van der Waals surface area contributed by atoms with E-state index in [9.17, 15) is 4.79 Å². The summed E-state index contributed by atoms with van der Waals surface area (Å²) < 4.78 is 10.6. The van der Waals surface area contributed by atoms with Crippen LogP contribution in [0, 0.1) is 20.8 Å². The van der Waals surface area contributed by atoms with Crippen LogP contribution >= 0.6 is 0 Å². The van der Waals surface area contributed by atoms with Gasteiger partial charge in [-0.25, -0.2) is 9.78 Å². The van der Waals surface area contributed by atoms with Crippen molar-refractivity contribution in [2.24, 2.45) is 14.1 Å². The van der Waals surface area contributed by atoms with E-state index in [0.29, 0.717) is 12.3 Å². The van der Waals surface area contributed by atoms with Gasteiger partial charge in [0.05, 0.1) is 11.4 Å². The Morgan fingerprint density at radius 2 is 1.80 bits per heavy atom. The Balaban J connectivity index is 1.61. The molecule has 2 aromatic carbocycles. The number of tetrazole rings is 1. The highest BCUT2D eigenvalue weighted by atomic mass is 16.5. The molecule has 4 rings (SSSR count). The minimum atomic E-state index is -0.298. The van der Waals surface area contributed by atoms with Crippen molar-refractivity contribution in [1.82, 2.24) is 29.3 Å². The number of aryl methyl sites for hydroxylation is 5. The van der Waals surface area contributed by atoms with Gasteiger partial charge in [-0.05, 0) is 66.6 Å². The molecule has 2 heterocycles. The molecule has 0 atom stereocenters. The van der Waals surface area contributed by atoms with Crippen LogP contribution in [0.4, 0.5) is 0 Å². The molecule has 0 unspecified atom stereocenters. The van der Waals surface area contributed by atoms with E-state index < -0.39 is 0 Å². The van der Waals surface area contributed by atoms with Crippen LogP contribution in [-0.4, -0.2) is 29.3 Å². The fraction of sp³-hybridized carbons (Fsp3) is 0.273. The number of rotatable bonds is 5. The second kappa shape index (κ2) is 7.62. The van der Waals surface area contributed by atoms with Gasteiger partial charge < -0.3 is 9.30 Å². The first-order chi connectivity index (χ1) is 14.3. The highest BCUT2D eigenvalue weighted by molar-refractivity contribution is 5.61. The Bertz CT molecular complexity index is 1260. The Morgan fingerprint density at radius 3 is 2.43 bits per heavy atom. The summed E-state index contributed by atoms with van der Waals surface area (Å²) >= 11 is 0. The molecule has 0 aliphatic rings. The molecule has 0 amide bonds. The molecular formula is C22H24N6O2. The van der Waals surface area contributed by atoms with E-state index in [2.05, 4.69) is 21.5 Å². The Hall–Kier alpha value is -3.68. The fourth-order valence-corrected chi connectivity index (χ4v) is 3.36. The van der Waals surface area contributed by atoms with Crippen molar-refractivity contribution in [3.05, 3.63) is 75.6 Å². The lowest BCUT2D eigenvalue weighted by Gasteiger charge is -2.14. The van der Waals surface area contributed by atoms with Gasteiger partial charge in [0.25, 0.3) is 0 Å². The second-order valence-electron chi connectivity index (χ2n) is 7.42. The third-order valence-electron chi connectivity index (χ3n) is 5.29. The molecule has 0 spiro atoms. The van der Waals surface area contributed by atoms with Gasteiger partial charge in [-0.3, -0.25) is 0 Å². The minimum Gasteiger partial charge on any atom is -0.489 e. The maximum atomic E-state index is 12.3. The maximum absolute atomic E-state index is 12.3. The highest BCUT2D eigenvalue weighted by Crippen LogP contribution is 2.27. The van der Waals surface area contributed by atoms with Crippen LogP contribution in [0.25, 0.3) is 16.9 Å². The third kappa shape index (κ3) is 3.52. The molecule has 0 aliphatic heterocycles. The number of aromatic nitrogens is 6. The molecular weight excluding hydrogens is 380 g/mol. The smallest absolute Gasteiger partial charge is 0.368 e. The van der Waals surface area contributed by atoms with Crippen molar-refractivity contribution in [2.45, 2.75) is 27.4 Å². The zero-order chi connectivity index (χ0) is 21.4. The van der Waals surface area contributed by atoms with Crippen molar-refractivity contribution in [1.29, 1.82) is 0 Å². The summed E-state index contributed by atoms with van der Waals surface area (Å²) in [6, 6.07) is 11.8. The van der Waals surface area contributed by atoms with Gasteiger partial charge in [0.1, 0.15) is 18.2 Å². The van der Waals surface area contributed by atoms with E-state index in [4.69, 9.17) is 4.74 Å². The standard InChI is InChI=1S/C22H24N6O2/c1-14-7-6-8-20(28-22(29)27(5)24-25-28)18(14)13-30-21-10-9-17(11-15(21)2)19-12-26(4)16(3)23-19/h6-12H,13H2,1-5H3. The first-order valence-electron chi connectivity index (χ1n) is 9.67.